The second-order valence-corrected chi connectivity index (χ2v) is 12.7. The van der Waals surface area contributed by atoms with Gasteiger partial charge in [-0.3, -0.25) is 0 Å². The van der Waals surface area contributed by atoms with E-state index in [4.69, 9.17) is 0 Å². The first-order valence-corrected chi connectivity index (χ1v) is 17.8. The summed E-state index contributed by atoms with van der Waals surface area (Å²) in [7, 11) is 0. The van der Waals surface area contributed by atoms with Crippen molar-refractivity contribution < 1.29 is 0 Å². The number of hydrogen-bond donors (Lipinski definition) is 0. The van der Waals surface area contributed by atoms with Crippen molar-refractivity contribution >= 4 is 0 Å². The summed E-state index contributed by atoms with van der Waals surface area (Å²) in [5.41, 5.74) is 0.530. The van der Waals surface area contributed by atoms with Gasteiger partial charge in [-0.05, 0) is 37.0 Å². The Morgan fingerprint density at radius 1 is 0.405 bits per heavy atom. The molecule has 0 fully saturated rings. The Labute approximate surface area is 237 Å². The van der Waals surface area contributed by atoms with Crippen molar-refractivity contribution in [1.82, 2.24) is 0 Å². The van der Waals surface area contributed by atoms with E-state index < -0.39 is 0 Å². The van der Waals surface area contributed by atoms with Crippen LogP contribution in [0.3, 0.4) is 0 Å². The molecule has 0 amide bonds. The lowest BCUT2D eigenvalue weighted by Gasteiger charge is -2.41. The molecule has 0 aliphatic carbocycles. The fraction of sp³-hybridized carbons (Fsp3) is 0.946. The summed E-state index contributed by atoms with van der Waals surface area (Å²) < 4.78 is 0. The molecule has 0 radical (unpaired) electrons. The third-order valence-corrected chi connectivity index (χ3v) is 9.24. The first-order chi connectivity index (χ1) is 18.2. The summed E-state index contributed by atoms with van der Waals surface area (Å²) in [5.74, 6) is 0.738. The van der Waals surface area contributed by atoms with Crippen LogP contribution in [-0.4, -0.2) is 0 Å². The van der Waals surface area contributed by atoms with Gasteiger partial charge in [-0.15, -0.1) is 6.58 Å². The molecule has 1 atom stereocenters. The van der Waals surface area contributed by atoms with Crippen LogP contribution in [0.25, 0.3) is 0 Å². The smallest absolute Gasteiger partial charge is 0.0180 e. The molecule has 0 heteroatoms. The van der Waals surface area contributed by atoms with Gasteiger partial charge >= 0.3 is 0 Å². The Kier molecular flexibility index (Phi) is 28.5. The Balaban J connectivity index is 4.76. The summed E-state index contributed by atoms with van der Waals surface area (Å²) in [6.07, 6.45) is 44.0. The third-order valence-electron chi connectivity index (χ3n) is 9.24. The standard InChI is InChI=1S/C37H74/c1-6-11-14-17-20-23-26-29-32-36(10-5)37(33-9-4,34-30-27-24-21-18-15-12-7-2)35-31-28-25-22-19-16-13-8-3/h10,36H,5-9,11-35H2,1-4H3. The topological polar surface area (TPSA) is 0 Å². The summed E-state index contributed by atoms with van der Waals surface area (Å²) in [6.45, 7) is 13.8. The molecule has 0 aromatic carbocycles. The van der Waals surface area contributed by atoms with Crippen LogP contribution in [0.2, 0.25) is 0 Å². The third kappa shape index (κ3) is 21.3. The zero-order valence-corrected chi connectivity index (χ0v) is 26.9. The highest BCUT2D eigenvalue weighted by atomic mass is 14.4. The molecule has 0 nitrogen and oxygen atoms in total. The van der Waals surface area contributed by atoms with Crippen molar-refractivity contribution in [2.45, 2.75) is 214 Å². The number of unbranched alkanes of at least 4 members (excludes halogenated alkanes) is 21. The summed E-state index contributed by atoms with van der Waals surface area (Å²) >= 11 is 0. The minimum absolute atomic E-state index is 0.530. The van der Waals surface area contributed by atoms with E-state index in [0.717, 1.165) is 5.92 Å². The van der Waals surface area contributed by atoms with Crippen molar-refractivity contribution in [3.8, 4) is 0 Å². The minimum Gasteiger partial charge on any atom is -0.103 e. The number of hydrogen-bond acceptors (Lipinski definition) is 0. The van der Waals surface area contributed by atoms with Gasteiger partial charge in [0.05, 0.1) is 0 Å². The quantitative estimate of drug-likeness (QED) is 0.0632. The maximum atomic E-state index is 4.43. The predicted octanol–water partition coefficient (Wildman–Crippen LogP) is 14.2. The second-order valence-electron chi connectivity index (χ2n) is 12.7. The fourth-order valence-corrected chi connectivity index (χ4v) is 6.82. The van der Waals surface area contributed by atoms with Gasteiger partial charge in [0.1, 0.15) is 0 Å². The highest BCUT2D eigenvalue weighted by Crippen LogP contribution is 2.46. The molecule has 0 bridgehead atoms. The van der Waals surface area contributed by atoms with Gasteiger partial charge in [0.25, 0.3) is 0 Å². The van der Waals surface area contributed by atoms with E-state index in [0.29, 0.717) is 5.41 Å². The zero-order chi connectivity index (χ0) is 27.3. The molecule has 0 saturated heterocycles. The van der Waals surface area contributed by atoms with Gasteiger partial charge in [-0.2, -0.15) is 0 Å². The largest absolute Gasteiger partial charge is 0.103 e. The van der Waals surface area contributed by atoms with Crippen molar-refractivity contribution in [2.75, 3.05) is 0 Å². The summed E-state index contributed by atoms with van der Waals surface area (Å²) in [6, 6.07) is 0. The van der Waals surface area contributed by atoms with Gasteiger partial charge < -0.3 is 0 Å². The molecule has 0 saturated carbocycles. The van der Waals surface area contributed by atoms with Crippen LogP contribution in [0, 0.1) is 11.3 Å². The lowest BCUT2D eigenvalue weighted by molar-refractivity contribution is 0.124. The van der Waals surface area contributed by atoms with Gasteiger partial charge in [-0.1, -0.05) is 194 Å². The molecule has 0 rings (SSSR count). The Bertz CT molecular complexity index is 415. The van der Waals surface area contributed by atoms with Crippen molar-refractivity contribution in [3.05, 3.63) is 12.7 Å². The van der Waals surface area contributed by atoms with Crippen LogP contribution in [0.5, 0.6) is 0 Å². The van der Waals surface area contributed by atoms with Gasteiger partial charge in [0.2, 0.25) is 0 Å². The van der Waals surface area contributed by atoms with E-state index >= 15 is 0 Å². The SMILES string of the molecule is C=CC(CCCCCCCCCC)C(CCC)(CCCCCCCCCC)CCCCCCCCCC. The van der Waals surface area contributed by atoms with E-state index in [9.17, 15) is 0 Å². The lowest BCUT2D eigenvalue weighted by atomic mass is 9.64. The molecule has 0 heterocycles. The highest BCUT2D eigenvalue weighted by molar-refractivity contribution is 4.95. The van der Waals surface area contributed by atoms with Crippen LogP contribution in [0.15, 0.2) is 12.7 Å². The van der Waals surface area contributed by atoms with Crippen molar-refractivity contribution in [3.63, 3.8) is 0 Å². The summed E-state index contributed by atoms with van der Waals surface area (Å²) in [5, 5.41) is 0. The molecule has 37 heavy (non-hydrogen) atoms. The van der Waals surface area contributed by atoms with E-state index in [1.165, 1.54) is 186 Å². The first-order valence-electron chi connectivity index (χ1n) is 17.8. The molecule has 222 valence electrons. The fourth-order valence-electron chi connectivity index (χ4n) is 6.82. The number of allylic oxidation sites excluding steroid dienone is 1. The van der Waals surface area contributed by atoms with E-state index in [2.05, 4.69) is 40.3 Å². The molecule has 0 aromatic rings. The van der Waals surface area contributed by atoms with Crippen LogP contribution < -0.4 is 0 Å². The first kappa shape index (κ1) is 36.7. The predicted molar refractivity (Wildman–Crippen MR) is 173 cm³/mol. The minimum atomic E-state index is 0.530. The van der Waals surface area contributed by atoms with Crippen LogP contribution >= 0.6 is 0 Å². The van der Waals surface area contributed by atoms with E-state index in [-0.39, 0.29) is 0 Å². The highest BCUT2D eigenvalue weighted by Gasteiger charge is 2.34. The molecule has 1 unspecified atom stereocenters. The van der Waals surface area contributed by atoms with Gasteiger partial charge in [0, 0.05) is 0 Å². The lowest BCUT2D eigenvalue weighted by Crippen LogP contribution is -2.30. The molecule has 0 N–H and O–H groups in total. The van der Waals surface area contributed by atoms with Gasteiger partial charge in [0.15, 0.2) is 0 Å². The average Bonchev–Trinajstić information content (AvgIpc) is 2.90. The van der Waals surface area contributed by atoms with E-state index in [1.807, 2.05) is 0 Å². The van der Waals surface area contributed by atoms with Crippen LogP contribution in [-0.2, 0) is 0 Å². The number of rotatable bonds is 31. The van der Waals surface area contributed by atoms with E-state index in [1.54, 1.807) is 0 Å². The van der Waals surface area contributed by atoms with Crippen LogP contribution in [0.1, 0.15) is 214 Å². The molecule has 0 spiro atoms. The normalized spacial score (nSPS) is 12.8. The van der Waals surface area contributed by atoms with Crippen LogP contribution in [0.4, 0.5) is 0 Å². The molecule has 0 aliphatic rings. The van der Waals surface area contributed by atoms with Gasteiger partial charge in [-0.25, -0.2) is 0 Å². The molecule has 0 aliphatic heterocycles. The molecule has 0 aromatic heterocycles. The Morgan fingerprint density at radius 3 is 1.05 bits per heavy atom. The zero-order valence-electron chi connectivity index (χ0n) is 26.9. The Morgan fingerprint density at radius 2 is 0.730 bits per heavy atom. The molecular formula is C37H74. The second kappa shape index (κ2) is 28.7. The maximum absolute atomic E-state index is 4.43. The average molecular weight is 519 g/mol. The maximum Gasteiger partial charge on any atom is -0.0180 e. The summed E-state index contributed by atoms with van der Waals surface area (Å²) in [4.78, 5) is 0. The van der Waals surface area contributed by atoms with Crippen molar-refractivity contribution in [1.29, 1.82) is 0 Å². The Hall–Kier alpha value is -0.260. The molecular weight excluding hydrogens is 444 g/mol. The monoisotopic (exact) mass is 519 g/mol. The van der Waals surface area contributed by atoms with Crippen molar-refractivity contribution in [2.24, 2.45) is 11.3 Å².